The fourth-order valence-electron chi connectivity index (χ4n) is 2.11. The van der Waals surface area contributed by atoms with Crippen LogP contribution in [0.5, 0.6) is 0 Å². The first kappa shape index (κ1) is 17.2. The molecule has 2 N–H and O–H groups in total. The maximum absolute atomic E-state index is 11.4. The summed E-state index contributed by atoms with van der Waals surface area (Å²) in [6.07, 6.45) is 5.88. The van der Waals surface area contributed by atoms with Gasteiger partial charge in [0.1, 0.15) is 0 Å². The van der Waals surface area contributed by atoms with E-state index in [4.69, 9.17) is 0 Å². The molecule has 0 saturated carbocycles. The summed E-state index contributed by atoms with van der Waals surface area (Å²) in [7, 11) is -3.92. The molecular formula is C13H29O3P. The molecule has 0 spiro atoms. The molecule has 0 radical (unpaired) electrons. The van der Waals surface area contributed by atoms with Gasteiger partial charge in [-0.25, -0.2) is 0 Å². The molecule has 3 nitrogen and oxygen atoms in total. The summed E-state index contributed by atoms with van der Waals surface area (Å²) in [6.45, 7) is 8.35. The Kier molecular flexibility index (Phi) is 8.36. The van der Waals surface area contributed by atoms with Gasteiger partial charge in [0, 0.05) is 0 Å². The lowest BCUT2D eigenvalue weighted by Crippen LogP contribution is -2.18. The minimum atomic E-state index is -3.92. The highest BCUT2D eigenvalue weighted by molar-refractivity contribution is 7.52. The first-order chi connectivity index (χ1) is 7.82. The lowest BCUT2D eigenvalue weighted by atomic mass is 9.96. The van der Waals surface area contributed by atoms with E-state index in [9.17, 15) is 14.4 Å². The first-order valence-corrected chi connectivity index (χ1v) is 8.56. The Labute approximate surface area is 106 Å². The van der Waals surface area contributed by atoms with Crippen LogP contribution in [0.2, 0.25) is 0 Å². The van der Waals surface area contributed by atoms with Crippen molar-refractivity contribution in [1.29, 1.82) is 0 Å². The number of hydrogen-bond acceptors (Lipinski definition) is 1. The lowest BCUT2D eigenvalue weighted by Gasteiger charge is -2.24. The van der Waals surface area contributed by atoms with Gasteiger partial charge in [0.2, 0.25) is 0 Å². The minimum Gasteiger partial charge on any atom is -0.324 e. The third kappa shape index (κ3) is 7.23. The maximum atomic E-state index is 11.4. The molecule has 0 bridgehead atoms. The monoisotopic (exact) mass is 264 g/mol. The summed E-state index contributed by atoms with van der Waals surface area (Å²) in [6, 6.07) is 0. The Morgan fingerprint density at radius 3 is 1.94 bits per heavy atom. The molecule has 0 aromatic heterocycles. The molecule has 0 aliphatic rings. The molecule has 0 rings (SSSR count). The van der Waals surface area contributed by atoms with Gasteiger partial charge in [0.05, 0.1) is 5.66 Å². The summed E-state index contributed by atoms with van der Waals surface area (Å²) in [4.78, 5) is 18.7. The smallest absolute Gasteiger partial charge is 0.324 e. The van der Waals surface area contributed by atoms with Crippen molar-refractivity contribution in [3.63, 3.8) is 0 Å². The Hall–Kier alpha value is 0.150. The van der Waals surface area contributed by atoms with Crippen molar-refractivity contribution in [2.75, 3.05) is 0 Å². The van der Waals surface area contributed by atoms with Crippen LogP contribution < -0.4 is 0 Å². The van der Waals surface area contributed by atoms with E-state index in [0.29, 0.717) is 6.42 Å². The van der Waals surface area contributed by atoms with Gasteiger partial charge in [-0.15, -0.1) is 0 Å². The van der Waals surface area contributed by atoms with E-state index in [1.54, 1.807) is 0 Å². The Morgan fingerprint density at radius 1 is 1.00 bits per heavy atom. The summed E-state index contributed by atoms with van der Waals surface area (Å²) in [5, 5.41) is 0. The summed E-state index contributed by atoms with van der Waals surface area (Å²) >= 11 is 0. The Balaban J connectivity index is 4.07. The Morgan fingerprint density at radius 2 is 1.53 bits per heavy atom. The molecule has 3 atom stereocenters. The van der Waals surface area contributed by atoms with Gasteiger partial charge in [-0.3, -0.25) is 4.57 Å². The molecule has 0 saturated heterocycles. The average Bonchev–Trinajstić information content (AvgIpc) is 2.25. The zero-order valence-electron chi connectivity index (χ0n) is 11.7. The van der Waals surface area contributed by atoms with Crippen LogP contribution in [0.1, 0.15) is 66.2 Å². The van der Waals surface area contributed by atoms with E-state index in [-0.39, 0.29) is 5.92 Å². The topological polar surface area (TPSA) is 57.5 Å². The molecule has 0 heterocycles. The number of rotatable bonds is 9. The predicted molar refractivity (Wildman–Crippen MR) is 73.2 cm³/mol. The van der Waals surface area contributed by atoms with Crippen LogP contribution in [-0.4, -0.2) is 15.4 Å². The number of hydrogen-bond donors (Lipinski definition) is 2. The van der Waals surface area contributed by atoms with E-state index in [2.05, 4.69) is 13.8 Å². The van der Waals surface area contributed by atoms with E-state index >= 15 is 0 Å². The van der Waals surface area contributed by atoms with Crippen molar-refractivity contribution < 1.29 is 14.4 Å². The molecular weight excluding hydrogens is 235 g/mol. The van der Waals surface area contributed by atoms with Crippen molar-refractivity contribution in [2.45, 2.75) is 71.9 Å². The molecule has 0 aromatic rings. The fraction of sp³-hybridized carbons (Fsp3) is 1.00. The molecule has 104 valence electrons. The van der Waals surface area contributed by atoms with Crippen LogP contribution in [0.4, 0.5) is 0 Å². The van der Waals surface area contributed by atoms with Gasteiger partial charge >= 0.3 is 7.60 Å². The van der Waals surface area contributed by atoms with Gasteiger partial charge in [-0.05, 0) is 18.3 Å². The molecule has 0 aromatic carbocycles. The van der Waals surface area contributed by atoms with Gasteiger partial charge in [0.15, 0.2) is 0 Å². The van der Waals surface area contributed by atoms with Crippen LogP contribution in [0, 0.1) is 11.8 Å². The second-order valence-electron chi connectivity index (χ2n) is 5.34. The molecule has 0 aliphatic carbocycles. The maximum Gasteiger partial charge on any atom is 0.328 e. The molecule has 3 unspecified atom stereocenters. The average molecular weight is 264 g/mol. The SMILES string of the molecule is CCC(C)CCCCC(C(C)CC)P(=O)(O)O. The highest BCUT2D eigenvalue weighted by Gasteiger charge is 2.32. The normalized spacial score (nSPS) is 17.8. The molecule has 0 amide bonds. The molecule has 17 heavy (non-hydrogen) atoms. The van der Waals surface area contributed by atoms with Crippen LogP contribution in [-0.2, 0) is 4.57 Å². The Bertz CT molecular complexity index is 237. The van der Waals surface area contributed by atoms with Crippen LogP contribution in [0.25, 0.3) is 0 Å². The van der Waals surface area contributed by atoms with E-state index in [0.717, 1.165) is 25.2 Å². The molecule has 0 fully saturated rings. The van der Waals surface area contributed by atoms with Gasteiger partial charge < -0.3 is 9.79 Å². The van der Waals surface area contributed by atoms with Crippen LogP contribution in [0.15, 0.2) is 0 Å². The highest BCUT2D eigenvalue weighted by Crippen LogP contribution is 2.48. The van der Waals surface area contributed by atoms with Crippen molar-refractivity contribution in [3.05, 3.63) is 0 Å². The van der Waals surface area contributed by atoms with Crippen molar-refractivity contribution in [3.8, 4) is 0 Å². The van der Waals surface area contributed by atoms with Gasteiger partial charge in [-0.2, -0.15) is 0 Å². The molecule has 0 aliphatic heterocycles. The second kappa shape index (κ2) is 8.29. The van der Waals surface area contributed by atoms with Crippen molar-refractivity contribution in [1.82, 2.24) is 0 Å². The number of unbranched alkanes of at least 4 members (excludes halogenated alkanes) is 1. The third-order valence-electron chi connectivity index (χ3n) is 3.88. The standard InChI is InChI=1S/C13H29O3P/c1-5-11(3)9-7-8-10-13(12(4)6-2)17(14,15)16/h11-13H,5-10H2,1-4H3,(H2,14,15,16). The third-order valence-corrected chi connectivity index (χ3v) is 5.51. The lowest BCUT2D eigenvalue weighted by molar-refractivity contribution is 0.324. The van der Waals surface area contributed by atoms with Gasteiger partial charge in [-0.1, -0.05) is 59.8 Å². The van der Waals surface area contributed by atoms with Crippen LogP contribution in [0.3, 0.4) is 0 Å². The van der Waals surface area contributed by atoms with Crippen molar-refractivity contribution >= 4 is 7.60 Å². The van der Waals surface area contributed by atoms with E-state index in [1.165, 1.54) is 12.8 Å². The minimum absolute atomic E-state index is 0.111. The highest BCUT2D eigenvalue weighted by atomic mass is 31.2. The molecule has 4 heteroatoms. The summed E-state index contributed by atoms with van der Waals surface area (Å²) in [5.41, 5.74) is -0.440. The summed E-state index contributed by atoms with van der Waals surface area (Å²) < 4.78 is 11.4. The van der Waals surface area contributed by atoms with E-state index in [1.807, 2.05) is 13.8 Å². The first-order valence-electron chi connectivity index (χ1n) is 6.88. The van der Waals surface area contributed by atoms with Crippen molar-refractivity contribution in [2.24, 2.45) is 11.8 Å². The predicted octanol–water partition coefficient (Wildman–Crippen LogP) is 4.19. The largest absolute Gasteiger partial charge is 0.328 e. The zero-order valence-corrected chi connectivity index (χ0v) is 12.6. The van der Waals surface area contributed by atoms with E-state index < -0.39 is 13.3 Å². The van der Waals surface area contributed by atoms with Gasteiger partial charge in [0.25, 0.3) is 0 Å². The quantitative estimate of drug-likeness (QED) is 0.485. The zero-order chi connectivity index (χ0) is 13.5. The summed E-state index contributed by atoms with van der Waals surface area (Å²) in [5.74, 6) is 0.839. The fourth-order valence-corrected chi connectivity index (χ4v) is 3.50. The second-order valence-corrected chi connectivity index (χ2v) is 7.18. The van der Waals surface area contributed by atoms with Crippen LogP contribution >= 0.6 is 7.60 Å².